The number of fused-ring (bicyclic) bond motifs is 1. The van der Waals surface area contributed by atoms with Crippen molar-refractivity contribution in [1.29, 1.82) is 0 Å². The highest BCUT2D eigenvalue weighted by molar-refractivity contribution is 7.85. The topological polar surface area (TPSA) is 77.9 Å². The van der Waals surface area contributed by atoms with Gasteiger partial charge in [-0.15, -0.1) is 0 Å². The molecule has 1 aliphatic rings. The van der Waals surface area contributed by atoms with Gasteiger partial charge in [-0.05, 0) is 40.1 Å². The molecule has 1 N–H and O–H groups in total. The third-order valence-electron chi connectivity index (χ3n) is 5.82. The van der Waals surface area contributed by atoms with Crippen molar-refractivity contribution < 1.29 is 30.9 Å². The molecule has 180 valence electrons. The van der Waals surface area contributed by atoms with E-state index in [0.717, 1.165) is 22.9 Å². The first kappa shape index (κ1) is 24.2. The molecule has 34 heavy (non-hydrogen) atoms. The highest BCUT2D eigenvalue weighted by Gasteiger charge is 2.30. The van der Waals surface area contributed by atoms with E-state index in [-0.39, 0.29) is 5.91 Å². The van der Waals surface area contributed by atoms with Gasteiger partial charge in [0.15, 0.2) is 0 Å². The summed E-state index contributed by atoms with van der Waals surface area (Å²) in [4.78, 5) is 16.7. The number of alkyl halides is 3. The van der Waals surface area contributed by atoms with Gasteiger partial charge in [-0.1, -0.05) is 42.5 Å². The van der Waals surface area contributed by atoms with Crippen molar-refractivity contribution >= 4 is 26.8 Å². The lowest BCUT2D eigenvalue weighted by Crippen LogP contribution is -2.48. The normalized spacial score (nSPS) is 15.6. The van der Waals surface area contributed by atoms with Gasteiger partial charge >= 0.3 is 6.18 Å². The Hall–Kier alpha value is -2.95. The van der Waals surface area contributed by atoms with Gasteiger partial charge in [0.1, 0.15) is 5.75 Å². The average Bonchev–Trinajstić information content (AvgIpc) is 2.77. The van der Waals surface area contributed by atoms with Crippen LogP contribution in [0.15, 0.2) is 60.7 Å². The Labute approximate surface area is 195 Å². The largest absolute Gasteiger partial charge is 0.416 e. The summed E-state index contributed by atoms with van der Waals surface area (Å²) in [5, 5.41) is 1.52. The Kier molecular flexibility index (Phi) is 6.66. The zero-order valence-corrected chi connectivity index (χ0v) is 18.9. The second-order valence-electron chi connectivity index (χ2n) is 8.39. The molecular weight excluding hydrogens is 469 g/mol. The predicted octanol–water partition coefficient (Wildman–Crippen LogP) is 4.20. The lowest BCUT2D eigenvalue weighted by molar-refractivity contribution is -0.137. The summed E-state index contributed by atoms with van der Waals surface area (Å²) in [6.45, 7) is 2.41. The molecule has 1 aliphatic heterocycles. The van der Waals surface area contributed by atoms with Crippen LogP contribution in [0.2, 0.25) is 0 Å². The highest BCUT2D eigenvalue weighted by atomic mass is 32.2. The van der Waals surface area contributed by atoms with E-state index in [1.54, 1.807) is 47.4 Å². The number of hydrogen-bond donors (Lipinski definition) is 1. The Balaban J connectivity index is 1.39. The first-order valence-corrected chi connectivity index (χ1v) is 12.2. The molecule has 3 aromatic rings. The standard InChI is InChI=1S/C24H23F3N2O4S/c25-24(26,27)22-3-1-2-17(13-22)15-28-8-10-29(11-9-28)23(30)21-7-6-19-12-18(16-34(31,32)33)4-5-20(19)14-21/h1-7,12-14H,8-11,15-16H2,(H,31,32,33). The molecule has 6 nitrogen and oxygen atoms in total. The molecule has 0 bridgehead atoms. The van der Waals surface area contributed by atoms with E-state index >= 15 is 0 Å². The van der Waals surface area contributed by atoms with Crippen molar-refractivity contribution in [2.75, 3.05) is 26.2 Å². The predicted molar refractivity (Wildman–Crippen MR) is 122 cm³/mol. The van der Waals surface area contributed by atoms with E-state index in [0.29, 0.717) is 49.4 Å². The number of rotatable bonds is 5. The molecule has 3 aromatic carbocycles. The van der Waals surface area contributed by atoms with Gasteiger partial charge in [0.05, 0.1) is 5.56 Å². The summed E-state index contributed by atoms with van der Waals surface area (Å²) in [5.74, 6) is -0.614. The summed E-state index contributed by atoms with van der Waals surface area (Å²) < 4.78 is 70.0. The smallest absolute Gasteiger partial charge is 0.336 e. The number of carbonyl (C=O) groups is 1. The summed E-state index contributed by atoms with van der Waals surface area (Å²) in [7, 11) is -4.13. The fourth-order valence-corrected chi connectivity index (χ4v) is 4.73. The van der Waals surface area contributed by atoms with Gasteiger partial charge in [0.25, 0.3) is 16.0 Å². The molecule has 0 saturated carbocycles. The van der Waals surface area contributed by atoms with Crippen LogP contribution in [-0.4, -0.2) is 54.9 Å². The fraction of sp³-hybridized carbons (Fsp3) is 0.292. The lowest BCUT2D eigenvalue weighted by Gasteiger charge is -2.35. The Morgan fingerprint density at radius 2 is 1.56 bits per heavy atom. The number of benzene rings is 3. The maximum absolute atomic E-state index is 13.0. The molecule has 10 heteroatoms. The Bertz CT molecular complexity index is 1320. The molecule has 0 atom stereocenters. The fourth-order valence-electron chi connectivity index (χ4n) is 4.12. The van der Waals surface area contributed by atoms with Gasteiger partial charge < -0.3 is 4.90 Å². The van der Waals surface area contributed by atoms with Crippen LogP contribution in [0.3, 0.4) is 0 Å². The molecule has 1 fully saturated rings. The summed E-state index contributed by atoms with van der Waals surface area (Å²) in [6, 6.07) is 15.4. The van der Waals surface area contributed by atoms with Crippen molar-refractivity contribution in [3.63, 3.8) is 0 Å². The SMILES string of the molecule is O=C(c1ccc2cc(CS(=O)(=O)O)ccc2c1)N1CCN(Cc2cccc(C(F)(F)F)c2)CC1. The molecule has 1 saturated heterocycles. The molecule has 0 radical (unpaired) electrons. The second-order valence-corrected chi connectivity index (χ2v) is 9.84. The zero-order chi connectivity index (χ0) is 24.5. The number of amides is 1. The van der Waals surface area contributed by atoms with Crippen molar-refractivity contribution in [3.8, 4) is 0 Å². The van der Waals surface area contributed by atoms with Crippen molar-refractivity contribution in [2.24, 2.45) is 0 Å². The number of halogens is 3. The van der Waals surface area contributed by atoms with Gasteiger partial charge in [-0.2, -0.15) is 21.6 Å². The van der Waals surface area contributed by atoms with Crippen LogP contribution in [0, 0.1) is 0 Å². The Morgan fingerprint density at radius 1 is 0.882 bits per heavy atom. The van der Waals surface area contributed by atoms with Crippen LogP contribution >= 0.6 is 0 Å². The quantitative estimate of drug-likeness (QED) is 0.540. The first-order chi connectivity index (χ1) is 16.0. The zero-order valence-electron chi connectivity index (χ0n) is 18.1. The Morgan fingerprint density at radius 3 is 2.24 bits per heavy atom. The molecule has 0 unspecified atom stereocenters. The van der Waals surface area contributed by atoms with Crippen molar-refractivity contribution in [2.45, 2.75) is 18.5 Å². The van der Waals surface area contributed by atoms with Gasteiger partial charge in [-0.3, -0.25) is 14.2 Å². The van der Waals surface area contributed by atoms with Crippen LogP contribution in [-0.2, 0) is 28.6 Å². The van der Waals surface area contributed by atoms with E-state index in [2.05, 4.69) is 0 Å². The molecule has 0 spiro atoms. The molecule has 4 rings (SSSR count). The number of hydrogen-bond acceptors (Lipinski definition) is 4. The van der Waals surface area contributed by atoms with E-state index in [1.165, 1.54) is 6.07 Å². The van der Waals surface area contributed by atoms with E-state index < -0.39 is 27.6 Å². The van der Waals surface area contributed by atoms with E-state index in [4.69, 9.17) is 4.55 Å². The average molecular weight is 493 g/mol. The minimum Gasteiger partial charge on any atom is -0.336 e. The number of piperazine rings is 1. The molecule has 0 aromatic heterocycles. The van der Waals surface area contributed by atoms with Crippen LogP contribution in [0.5, 0.6) is 0 Å². The van der Waals surface area contributed by atoms with Gasteiger partial charge in [0.2, 0.25) is 0 Å². The van der Waals surface area contributed by atoms with Gasteiger partial charge in [0, 0.05) is 38.3 Å². The monoisotopic (exact) mass is 492 g/mol. The summed E-state index contributed by atoms with van der Waals surface area (Å²) in [5.41, 5.74) is 0.866. The van der Waals surface area contributed by atoms with Crippen LogP contribution in [0.4, 0.5) is 13.2 Å². The lowest BCUT2D eigenvalue weighted by atomic mass is 10.0. The maximum Gasteiger partial charge on any atom is 0.416 e. The van der Waals surface area contributed by atoms with Crippen molar-refractivity contribution in [1.82, 2.24) is 9.80 Å². The molecule has 1 heterocycles. The third-order valence-corrected chi connectivity index (χ3v) is 6.52. The van der Waals surface area contributed by atoms with E-state index in [9.17, 15) is 26.4 Å². The second kappa shape index (κ2) is 9.36. The van der Waals surface area contributed by atoms with Gasteiger partial charge in [-0.25, -0.2) is 0 Å². The number of carbonyl (C=O) groups excluding carboxylic acids is 1. The van der Waals surface area contributed by atoms with Crippen LogP contribution < -0.4 is 0 Å². The highest BCUT2D eigenvalue weighted by Crippen LogP contribution is 2.30. The minimum absolute atomic E-state index is 0.136. The number of nitrogens with zero attached hydrogens (tertiary/aromatic N) is 2. The minimum atomic E-state index is -4.38. The van der Waals surface area contributed by atoms with Crippen LogP contribution in [0.1, 0.15) is 27.0 Å². The molecular formula is C24H23F3N2O4S. The van der Waals surface area contributed by atoms with Crippen LogP contribution in [0.25, 0.3) is 10.8 Å². The molecule has 0 aliphatic carbocycles. The summed E-state index contributed by atoms with van der Waals surface area (Å²) >= 11 is 0. The van der Waals surface area contributed by atoms with Crippen molar-refractivity contribution in [3.05, 3.63) is 82.9 Å². The van der Waals surface area contributed by atoms with E-state index in [1.807, 2.05) is 4.90 Å². The molecule has 1 amide bonds. The first-order valence-electron chi connectivity index (χ1n) is 10.6. The maximum atomic E-state index is 13.0. The summed E-state index contributed by atoms with van der Waals surface area (Å²) in [6.07, 6.45) is -4.38. The third kappa shape index (κ3) is 5.94.